The van der Waals surface area contributed by atoms with Gasteiger partial charge < -0.3 is 14.8 Å². The summed E-state index contributed by atoms with van der Waals surface area (Å²) in [5.41, 5.74) is 0.967. The average molecular weight is 345 g/mol. The quantitative estimate of drug-likeness (QED) is 0.875. The topological polar surface area (TPSA) is 63.1 Å². The van der Waals surface area contributed by atoms with Crippen LogP contribution in [0.4, 0.5) is 9.18 Å². The lowest BCUT2D eigenvalue weighted by Crippen LogP contribution is -2.42. The number of carbonyl (C=O) groups excluding carboxylic acids is 1. The third-order valence-corrected chi connectivity index (χ3v) is 4.89. The lowest BCUT2D eigenvalue weighted by Gasteiger charge is -2.28. The fraction of sp³-hybridized carbons (Fsp3) is 0.500. The minimum atomic E-state index is -0.258. The SMILES string of the molecule is CN(CCn1cnnc1)C(=O)N[C@H](c1ccc(F)cc1)C1CCCC1. The molecule has 1 atom stereocenters. The van der Waals surface area contributed by atoms with Crippen LogP contribution in [-0.4, -0.2) is 39.3 Å². The van der Waals surface area contributed by atoms with Crippen molar-refractivity contribution in [2.75, 3.05) is 13.6 Å². The van der Waals surface area contributed by atoms with Crippen molar-refractivity contribution in [2.24, 2.45) is 5.92 Å². The Morgan fingerprint density at radius 2 is 1.92 bits per heavy atom. The van der Waals surface area contributed by atoms with Crippen LogP contribution in [0.5, 0.6) is 0 Å². The summed E-state index contributed by atoms with van der Waals surface area (Å²) < 4.78 is 15.1. The maximum absolute atomic E-state index is 13.2. The van der Waals surface area contributed by atoms with E-state index in [1.807, 2.05) is 4.57 Å². The molecule has 1 aliphatic rings. The Balaban J connectivity index is 1.64. The van der Waals surface area contributed by atoms with Gasteiger partial charge in [0.1, 0.15) is 18.5 Å². The van der Waals surface area contributed by atoms with Gasteiger partial charge in [-0.1, -0.05) is 25.0 Å². The largest absolute Gasteiger partial charge is 0.331 e. The Morgan fingerprint density at radius 1 is 1.28 bits per heavy atom. The molecule has 3 rings (SSSR count). The van der Waals surface area contributed by atoms with Crippen molar-refractivity contribution in [3.63, 3.8) is 0 Å². The number of carbonyl (C=O) groups is 1. The number of rotatable bonds is 6. The number of aromatic nitrogens is 3. The maximum Gasteiger partial charge on any atom is 0.317 e. The van der Waals surface area contributed by atoms with Crippen LogP contribution in [0.15, 0.2) is 36.9 Å². The van der Waals surface area contributed by atoms with E-state index in [1.54, 1.807) is 36.7 Å². The molecule has 1 heterocycles. The molecule has 0 bridgehead atoms. The van der Waals surface area contributed by atoms with Gasteiger partial charge in [0, 0.05) is 20.1 Å². The van der Waals surface area contributed by atoms with Gasteiger partial charge in [-0.15, -0.1) is 10.2 Å². The zero-order valence-corrected chi connectivity index (χ0v) is 14.4. The molecule has 1 aromatic carbocycles. The Hall–Kier alpha value is -2.44. The van der Waals surface area contributed by atoms with Gasteiger partial charge in [-0.3, -0.25) is 0 Å². The molecule has 2 amide bonds. The molecule has 25 heavy (non-hydrogen) atoms. The number of urea groups is 1. The van der Waals surface area contributed by atoms with Crippen molar-refractivity contribution < 1.29 is 9.18 Å². The molecule has 1 fully saturated rings. The molecular weight excluding hydrogens is 321 g/mol. The molecule has 0 radical (unpaired) electrons. The molecule has 2 aromatic rings. The van der Waals surface area contributed by atoms with Crippen LogP contribution in [-0.2, 0) is 6.54 Å². The monoisotopic (exact) mass is 345 g/mol. The number of hydrogen-bond acceptors (Lipinski definition) is 3. The van der Waals surface area contributed by atoms with Gasteiger partial charge in [0.25, 0.3) is 0 Å². The number of benzene rings is 1. The second kappa shape index (κ2) is 8.09. The van der Waals surface area contributed by atoms with E-state index in [4.69, 9.17) is 0 Å². The van der Waals surface area contributed by atoms with E-state index in [9.17, 15) is 9.18 Å². The predicted molar refractivity (Wildman–Crippen MR) is 92.3 cm³/mol. The van der Waals surface area contributed by atoms with Crippen LogP contribution in [0.2, 0.25) is 0 Å². The third-order valence-electron chi connectivity index (χ3n) is 4.89. The highest BCUT2D eigenvalue weighted by Gasteiger charge is 2.28. The summed E-state index contributed by atoms with van der Waals surface area (Å²) in [6.07, 6.45) is 7.81. The van der Waals surface area contributed by atoms with Crippen LogP contribution in [0.3, 0.4) is 0 Å². The van der Waals surface area contributed by atoms with Crippen molar-refractivity contribution >= 4 is 6.03 Å². The first-order valence-electron chi connectivity index (χ1n) is 8.73. The van der Waals surface area contributed by atoms with E-state index in [0.29, 0.717) is 19.0 Å². The number of nitrogens with zero attached hydrogens (tertiary/aromatic N) is 4. The lowest BCUT2D eigenvalue weighted by atomic mass is 9.91. The summed E-state index contributed by atoms with van der Waals surface area (Å²) in [7, 11) is 1.77. The molecule has 1 saturated carbocycles. The van der Waals surface area contributed by atoms with Crippen molar-refractivity contribution in [3.05, 3.63) is 48.3 Å². The second-order valence-corrected chi connectivity index (χ2v) is 6.64. The molecule has 134 valence electrons. The van der Waals surface area contributed by atoms with Crippen LogP contribution < -0.4 is 5.32 Å². The highest BCUT2D eigenvalue weighted by atomic mass is 19.1. The predicted octanol–water partition coefficient (Wildman–Crippen LogP) is 2.99. The highest BCUT2D eigenvalue weighted by molar-refractivity contribution is 5.74. The molecular formula is C18H24FN5O. The Morgan fingerprint density at radius 3 is 2.56 bits per heavy atom. The smallest absolute Gasteiger partial charge is 0.317 e. The van der Waals surface area contributed by atoms with Gasteiger partial charge in [0.2, 0.25) is 0 Å². The van der Waals surface area contributed by atoms with Gasteiger partial charge >= 0.3 is 6.03 Å². The average Bonchev–Trinajstić information content (AvgIpc) is 3.32. The first kappa shape index (κ1) is 17.4. The van der Waals surface area contributed by atoms with Crippen molar-refractivity contribution in [3.8, 4) is 0 Å². The number of hydrogen-bond donors (Lipinski definition) is 1. The van der Waals surface area contributed by atoms with E-state index in [-0.39, 0.29) is 17.9 Å². The second-order valence-electron chi connectivity index (χ2n) is 6.64. The summed E-state index contributed by atoms with van der Waals surface area (Å²) in [5.74, 6) is 0.145. The third kappa shape index (κ3) is 4.55. The molecule has 7 heteroatoms. The minimum absolute atomic E-state index is 0.0760. The number of nitrogens with one attached hydrogen (secondary N) is 1. The zero-order chi connectivity index (χ0) is 17.6. The Kier molecular flexibility index (Phi) is 5.63. The van der Waals surface area contributed by atoms with E-state index in [0.717, 1.165) is 18.4 Å². The molecule has 0 spiro atoms. The van der Waals surface area contributed by atoms with E-state index < -0.39 is 0 Å². The number of halogens is 1. The molecule has 1 aliphatic carbocycles. The normalized spacial score (nSPS) is 15.9. The summed E-state index contributed by atoms with van der Waals surface area (Å²) >= 11 is 0. The number of likely N-dealkylation sites (N-methyl/N-ethyl adjacent to an activating group) is 1. The number of amides is 2. The minimum Gasteiger partial charge on any atom is -0.331 e. The summed E-state index contributed by atoms with van der Waals surface area (Å²) in [5, 5.41) is 10.7. The first-order valence-corrected chi connectivity index (χ1v) is 8.73. The van der Waals surface area contributed by atoms with Crippen molar-refractivity contribution in [1.29, 1.82) is 0 Å². The fourth-order valence-corrected chi connectivity index (χ4v) is 3.38. The lowest BCUT2D eigenvalue weighted by molar-refractivity contribution is 0.197. The van der Waals surface area contributed by atoms with Crippen LogP contribution >= 0.6 is 0 Å². The van der Waals surface area contributed by atoms with Gasteiger partial charge in [0.15, 0.2) is 0 Å². The Bertz CT molecular complexity index is 667. The van der Waals surface area contributed by atoms with Crippen LogP contribution in [0, 0.1) is 11.7 Å². The Labute approximate surface area is 147 Å². The summed E-state index contributed by atoms with van der Waals surface area (Å²) in [4.78, 5) is 14.3. The van der Waals surface area contributed by atoms with Gasteiger partial charge in [-0.05, 0) is 36.5 Å². The van der Waals surface area contributed by atoms with Gasteiger partial charge in [0.05, 0.1) is 6.04 Å². The fourth-order valence-electron chi connectivity index (χ4n) is 3.38. The molecule has 6 nitrogen and oxygen atoms in total. The van der Waals surface area contributed by atoms with E-state index in [1.165, 1.54) is 25.0 Å². The maximum atomic E-state index is 13.2. The van der Waals surface area contributed by atoms with Crippen molar-refractivity contribution in [1.82, 2.24) is 25.0 Å². The molecule has 1 N–H and O–H groups in total. The first-order chi connectivity index (χ1) is 12.1. The zero-order valence-electron chi connectivity index (χ0n) is 14.4. The van der Waals surface area contributed by atoms with Crippen LogP contribution in [0.1, 0.15) is 37.3 Å². The molecule has 1 aromatic heterocycles. The molecule has 0 saturated heterocycles. The molecule has 0 aliphatic heterocycles. The van der Waals surface area contributed by atoms with Gasteiger partial charge in [-0.25, -0.2) is 9.18 Å². The summed E-state index contributed by atoms with van der Waals surface area (Å²) in [6, 6.07) is 6.27. The van der Waals surface area contributed by atoms with Crippen molar-refractivity contribution in [2.45, 2.75) is 38.3 Å². The highest BCUT2D eigenvalue weighted by Crippen LogP contribution is 2.35. The van der Waals surface area contributed by atoms with E-state index in [2.05, 4.69) is 15.5 Å². The summed E-state index contributed by atoms with van der Waals surface area (Å²) in [6.45, 7) is 1.20. The van der Waals surface area contributed by atoms with Gasteiger partial charge in [-0.2, -0.15) is 0 Å². The molecule has 0 unspecified atom stereocenters. The van der Waals surface area contributed by atoms with E-state index >= 15 is 0 Å². The van der Waals surface area contributed by atoms with Crippen LogP contribution in [0.25, 0.3) is 0 Å². The standard InChI is InChI=1S/C18H24FN5O/c1-23(10-11-24-12-20-21-13-24)18(25)22-17(14-4-2-3-5-14)15-6-8-16(19)9-7-15/h6-9,12-14,17H,2-5,10-11H2,1H3,(H,22,25)/t17-/m0/s1.